The number of carbonyl (C=O) groups is 1. The van der Waals surface area contributed by atoms with Gasteiger partial charge in [-0.05, 0) is 35.2 Å². The van der Waals surface area contributed by atoms with Crippen LogP contribution in [0.25, 0.3) is 0 Å². The van der Waals surface area contributed by atoms with Crippen molar-refractivity contribution in [3.63, 3.8) is 0 Å². The maximum atomic E-state index is 11.9. The molecule has 0 saturated heterocycles. The van der Waals surface area contributed by atoms with Crippen LogP contribution in [0.15, 0.2) is 42.6 Å². The first-order valence-corrected chi connectivity index (χ1v) is 7.88. The lowest BCUT2D eigenvalue weighted by molar-refractivity contribution is 0.0947. The lowest BCUT2D eigenvalue weighted by atomic mass is 9.87. The van der Waals surface area contributed by atoms with Crippen LogP contribution in [0, 0.1) is 0 Å². The molecule has 1 N–H and O–H groups in total. The van der Waals surface area contributed by atoms with Crippen LogP contribution in [0.2, 0.25) is 5.15 Å². The first kappa shape index (κ1) is 17.3. The van der Waals surface area contributed by atoms with Gasteiger partial charge >= 0.3 is 0 Å². The summed E-state index contributed by atoms with van der Waals surface area (Å²) < 4.78 is 5.63. The molecule has 2 rings (SSSR count). The number of carbonyl (C=O) groups excluding carboxylic acids is 1. The highest BCUT2D eigenvalue weighted by molar-refractivity contribution is 6.32. The Balaban J connectivity index is 1.79. The predicted molar refractivity (Wildman–Crippen MR) is 92.2 cm³/mol. The molecular formula is C18H21ClN2O2. The zero-order valence-electron chi connectivity index (χ0n) is 13.6. The van der Waals surface area contributed by atoms with E-state index in [0.717, 1.165) is 5.75 Å². The SMILES string of the molecule is CC(C)(C)c1ccc(OCCNC(=O)c2cccnc2Cl)cc1. The Bertz CT molecular complexity index is 663. The van der Waals surface area contributed by atoms with Crippen molar-refractivity contribution in [2.45, 2.75) is 26.2 Å². The first-order valence-electron chi connectivity index (χ1n) is 7.50. The molecule has 0 atom stereocenters. The van der Waals surface area contributed by atoms with Crippen molar-refractivity contribution in [2.75, 3.05) is 13.2 Å². The van der Waals surface area contributed by atoms with E-state index in [1.165, 1.54) is 5.56 Å². The van der Waals surface area contributed by atoms with Gasteiger partial charge in [-0.25, -0.2) is 4.98 Å². The molecule has 1 aromatic heterocycles. The third-order valence-electron chi connectivity index (χ3n) is 3.38. The van der Waals surface area contributed by atoms with Crippen LogP contribution in [-0.4, -0.2) is 24.0 Å². The molecule has 0 radical (unpaired) electrons. The molecular weight excluding hydrogens is 312 g/mol. The molecule has 0 saturated carbocycles. The van der Waals surface area contributed by atoms with Crippen molar-refractivity contribution < 1.29 is 9.53 Å². The first-order chi connectivity index (χ1) is 10.9. The van der Waals surface area contributed by atoms with Crippen molar-refractivity contribution in [1.82, 2.24) is 10.3 Å². The number of halogens is 1. The summed E-state index contributed by atoms with van der Waals surface area (Å²) in [4.78, 5) is 15.8. The topological polar surface area (TPSA) is 51.2 Å². The molecule has 1 aromatic carbocycles. The Morgan fingerprint density at radius 2 is 1.91 bits per heavy atom. The third kappa shape index (κ3) is 4.96. The van der Waals surface area contributed by atoms with Gasteiger partial charge in [-0.1, -0.05) is 44.5 Å². The molecule has 0 aliphatic heterocycles. The number of nitrogens with one attached hydrogen (secondary N) is 1. The Morgan fingerprint density at radius 3 is 2.52 bits per heavy atom. The van der Waals surface area contributed by atoms with Gasteiger partial charge in [-0.3, -0.25) is 4.79 Å². The van der Waals surface area contributed by atoms with E-state index in [4.69, 9.17) is 16.3 Å². The van der Waals surface area contributed by atoms with Gasteiger partial charge < -0.3 is 10.1 Å². The van der Waals surface area contributed by atoms with Crippen LogP contribution in [0.4, 0.5) is 0 Å². The fourth-order valence-electron chi connectivity index (χ4n) is 2.04. The highest BCUT2D eigenvalue weighted by Gasteiger charge is 2.13. The van der Waals surface area contributed by atoms with Crippen molar-refractivity contribution in [2.24, 2.45) is 0 Å². The molecule has 0 bridgehead atoms. The molecule has 122 valence electrons. The lowest BCUT2D eigenvalue weighted by Gasteiger charge is -2.19. The van der Waals surface area contributed by atoms with E-state index in [1.54, 1.807) is 18.3 Å². The number of ether oxygens (including phenoxy) is 1. The normalized spacial score (nSPS) is 11.1. The third-order valence-corrected chi connectivity index (χ3v) is 3.68. The Kier molecular flexibility index (Phi) is 5.61. The minimum absolute atomic E-state index is 0.121. The van der Waals surface area contributed by atoms with E-state index in [-0.39, 0.29) is 16.5 Å². The predicted octanol–water partition coefficient (Wildman–Crippen LogP) is 3.84. The molecule has 0 aliphatic rings. The fraction of sp³-hybridized carbons (Fsp3) is 0.333. The summed E-state index contributed by atoms with van der Waals surface area (Å²) >= 11 is 5.88. The number of hydrogen-bond donors (Lipinski definition) is 1. The van der Waals surface area contributed by atoms with Gasteiger partial charge in [0.1, 0.15) is 17.5 Å². The molecule has 0 unspecified atom stereocenters. The molecule has 0 aliphatic carbocycles. The van der Waals surface area contributed by atoms with Crippen LogP contribution in [-0.2, 0) is 5.41 Å². The molecule has 4 nitrogen and oxygen atoms in total. The molecule has 2 aromatic rings. The van der Waals surface area contributed by atoms with Crippen LogP contribution in [0.1, 0.15) is 36.7 Å². The average Bonchev–Trinajstić information content (AvgIpc) is 2.51. The molecule has 0 fully saturated rings. The van der Waals surface area contributed by atoms with E-state index in [1.807, 2.05) is 12.1 Å². The van der Waals surface area contributed by atoms with Crippen LogP contribution < -0.4 is 10.1 Å². The van der Waals surface area contributed by atoms with Crippen LogP contribution >= 0.6 is 11.6 Å². The molecule has 5 heteroatoms. The zero-order chi connectivity index (χ0) is 16.9. The standard InChI is InChI=1S/C18H21ClN2O2/c1-18(2,3)13-6-8-14(9-7-13)23-12-11-21-17(22)15-5-4-10-20-16(15)19/h4-10H,11-12H2,1-3H3,(H,21,22). The number of amides is 1. The van der Waals surface area contributed by atoms with E-state index < -0.39 is 0 Å². The molecule has 0 spiro atoms. The second-order valence-corrected chi connectivity index (χ2v) is 6.58. The number of nitrogens with zero attached hydrogens (tertiary/aromatic N) is 1. The van der Waals surface area contributed by atoms with Gasteiger partial charge in [-0.15, -0.1) is 0 Å². The lowest BCUT2D eigenvalue weighted by Crippen LogP contribution is -2.28. The van der Waals surface area contributed by atoms with Crippen molar-refractivity contribution in [3.05, 3.63) is 58.9 Å². The monoisotopic (exact) mass is 332 g/mol. The summed E-state index contributed by atoms with van der Waals surface area (Å²) in [5.74, 6) is 0.529. The van der Waals surface area contributed by atoms with E-state index in [9.17, 15) is 4.79 Å². The highest BCUT2D eigenvalue weighted by atomic mass is 35.5. The van der Waals surface area contributed by atoms with Crippen LogP contribution in [0.3, 0.4) is 0 Å². The van der Waals surface area contributed by atoms with Gasteiger partial charge in [0.25, 0.3) is 5.91 Å². The van der Waals surface area contributed by atoms with E-state index in [2.05, 4.69) is 43.2 Å². The number of rotatable bonds is 5. The smallest absolute Gasteiger partial charge is 0.254 e. The number of aromatic nitrogens is 1. The van der Waals surface area contributed by atoms with Crippen molar-refractivity contribution in [3.8, 4) is 5.75 Å². The zero-order valence-corrected chi connectivity index (χ0v) is 14.4. The molecule has 1 heterocycles. The molecule has 1 amide bonds. The van der Waals surface area contributed by atoms with Gasteiger partial charge in [0.2, 0.25) is 0 Å². The summed E-state index contributed by atoms with van der Waals surface area (Å²) in [5.41, 5.74) is 1.74. The van der Waals surface area contributed by atoms with Crippen molar-refractivity contribution in [1.29, 1.82) is 0 Å². The van der Waals surface area contributed by atoms with E-state index in [0.29, 0.717) is 18.7 Å². The minimum Gasteiger partial charge on any atom is -0.492 e. The largest absolute Gasteiger partial charge is 0.492 e. The quantitative estimate of drug-likeness (QED) is 0.668. The van der Waals surface area contributed by atoms with Crippen molar-refractivity contribution >= 4 is 17.5 Å². The average molecular weight is 333 g/mol. The summed E-state index contributed by atoms with van der Waals surface area (Å²) in [6.07, 6.45) is 1.55. The number of hydrogen-bond acceptors (Lipinski definition) is 3. The Hall–Kier alpha value is -2.07. The summed E-state index contributed by atoms with van der Waals surface area (Å²) in [5, 5.41) is 2.96. The molecule has 23 heavy (non-hydrogen) atoms. The minimum atomic E-state index is -0.255. The summed E-state index contributed by atoms with van der Waals surface area (Å²) in [6, 6.07) is 11.3. The number of pyridine rings is 1. The van der Waals surface area contributed by atoms with Gasteiger partial charge in [0, 0.05) is 6.20 Å². The summed E-state index contributed by atoms with van der Waals surface area (Å²) in [7, 11) is 0. The Labute approximate surface area is 141 Å². The summed E-state index contributed by atoms with van der Waals surface area (Å²) in [6.45, 7) is 7.29. The van der Waals surface area contributed by atoms with Gasteiger partial charge in [0.05, 0.1) is 12.1 Å². The van der Waals surface area contributed by atoms with Gasteiger partial charge in [-0.2, -0.15) is 0 Å². The second kappa shape index (κ2) is 7.47. The van der Waals surface area contributed by atoms with Crippen LogP contribution in [0.5, 0.6) is 5.75 Å². The number of benzene rings is 1. The Morgan fingerprint density at radius 1 is 1.22 bits per heavy atom. The van der Waals surface area contributed by atoms with Gasteiger partial charge in [0.15, 0.2) is 0 Å². The second-order valence-electron chi connectivity index (χ2n) is 6.22. The highest BCUT2D eigenvalue weighted by Crippen LogP contribution is 2.24. The maximum Gasteiger partial charge on any atom is 0.254 e. The maximum absolute atomic E-state index is 11.9. The fourth-order valence-corrected chi connectivity index (χ4v) is 2.24. The van der Waals surface area contributed by atoms with E-state index >= 15 is 0 Å².